The van der Waals surface area contributed by atoms with Crippen molar-refractivity contribution in [2.75, 3.05) is 26.7 Å². The molecule has 1 aromatic rings. The molecule has 1 N–H and O–H groups in total. The quantitative estimate of drug-likeness (QED) is 0.927. The summed E-state index contributed by atoms with van der Waals surface area (Å²) in [5.41, 5.74) is 0. The van der Waals surface area contributed by atoms with Gasteiger partial charge >= 0.3 is 0 Å². The molecule has 0 aromatic carbocycles. The highest BCUT2D eigenvalue weighted by Gasteiger charge is 2.40. The molecule has 1 aromatic heterocycles. The van der Waals surface area contributed by atoms with E-state index in [1.165, 1.54) is 17.7 Å². The van der Waals surface area contributed by atoms with Crippen LogP contribution in [0.1, 0.15) is 37.2 Å². The van der Waals surface area contributed by atoms with Crippen LogP contribution in [0.3, 0.4) is 0 Å². The first-order chi connectivity index (χ1) is 10.2. The number of rotatable bonds is 4. The van der Waals surface area contributed by atoms with Gasteiger partial charge in [-0.1, -0.05) is 13.0 Å². The minimum atomic E-state index is -0.0108. The topological polar surface area (TPSA) is 35.6 Å². The standard InChI is InChI=1S/C16H25N3OS/c1-3-13-16(20)19(11-12-6-8-18(2)9-7-12)15(17-13)14-5-4-10-21-14/h4-5,10,12-13,15,17H,3,6-9,11H2,1-2H3. The number of nitrogens with zero attached hydrogens (tertiary/aromatic N) is 2. The molecule has 5 heteroatoms. The average molecular weight is 307 g/mol. The molecule has 0 radical (unpaired) electrons. The maximum absolute atomic E-state index is 12.6. The minimum Gasteiger partial charge on any atom is -0.320 e. The van der Waals surface area contributed by atoms with Crippen molar-refractivity contribution in [2.45, 2.75) is 38.4 Å². The molecule has 0 bridgehead atoms. The summed E-state index contributed by atoms with van der Waals surface area (Å²) >= 11 is 1.74. The summed E-state index contributed by atoms with van der Waals surface area (Å²) < 4.78 is 0. The first kappa shape index (κ1) is 15.0. The molecule has 0 saturated carbocycles. The Morgan fingerprint density at radius 1 is 1.38 bits per heavy atom. The van der Waals surface area contributed by atoms with E-state index in [1.54, 1.807) is 11.3 Å². The molecular formula is C16H25N3OS. The molecule has 2 unspecified atom stereocenters. The van der Waals surface area contributed by atoms with Gasteiger partial charge in [0.1, 0.15) is 6.17 Å². The maximum Gasteiger partial charge on any atom is 0.241 e. The SMILES string of the molecule is CCC1NC(c2cccs2)N(CC2CCN(C)CC2)C1=O. The Bertz CT molecular complexity index is 468. The van der Waals surface area contributed by atoms with E-state index >= 15 is 0 Å². The van der Waals surface area contributed by atoms with E-state index in [-0.39, 0.29) is 18.1 Å². The number of hydrogen-bond acceptors (Lipinski definition) is 4. The Hall–Kier alpha value is -0.910. The highest BCUT2D eigenvalue weighted by Crippen LogP contribution is 2.31. The Morgan fingerprint density at radius 3 is 2.76 bits per heavy atom. The van der Waals surface area contributed by atoms with Crippen molar-refractivity contribution in [3.63, 3.8) is 0 Å². The lowest BCUT2D eigenvalue weighted by Gasteiger charge is -2.33. The summed E-state index contributed by atoms with van der Waals surface area (Å²) in [4.78, 5) is 18.4. The molecule has 21 heavy (non-hydrogen) atoms. The lowest BCUT2D eigenvalue weighted by atomic mass is 9.96. The zero-order valence-corrected chi connectivity index (χ0v) is 13.7. The van der Waals surface area contributed by atoms with Crippen LogP contribution in [0.25, 0.3) is 0 Å². The van der Waals surface area contributed by atoms with Crippen molar-refractivity contribution in [2.24, 2.45) is 5.92 Å². The fourth-order valence-corrected chi connectivity index (χ4v) is 4.17. The largest absolute Gasteiger partial charge is 0.320 e. The van der Waals surface area contributed by atoms with E-state index in [0.717, 1.165) is 26.1 Å². The van der Waals surface area contributed by atoms with Gasteiger partial charge in [-0.15, -0.1) is 11.3 Å². The monoisotopic (exact) mass is 307 g/mol. The van der Waals surface area contributed by atoms with Crippen LogP contribution in [-0.4, -0.2) is 48.4 Å². The van der Waals surface area contributed by atoms with Gasteiger partial charge in [-0.25, -0.2) is 0 Å². The van der Waals surface area contributed by atoms with Crippen LogP contribution < -0.4 is 5.32 Å². The Balaban J connectivity index is 1.72. The Morgan fingerprint density at radius 2 is 2.14 bits per heavy atom. The summed E-state index contributed by atoms with van der Waals surface area (Å²) in [5.74, 6) is 0.930. The first-order valence-corrected chi connectivity index (χ1v) is 8.85. The third kappa shape index (κ3) is 3.15. The highest BCUT2D eigenvalue weighted by molar-refractivity contribution is 7.10. The molecule has 2 fully saturated rings. The van der Waals surface area contributed by atoms with Gasteiger partial charge in [0.15, 0.2) is 0 Å². The van der Waals surface area contributed by atoms with Crippen LogP contribution in [0.4, 0.5) is 0 Å². The van der Waals surface area contributed by atoms with Gasteiger partial charge in [-0.3, -0.25) is 10.1 Å². The maximum atomic E-state index is 12.6. The molecule has 2 aliphatic heterocycles. The second-order valence-corrected chi connectivity index (χ2v) is 7.26. The average Bonchev–Trinajstić information content (AvgIpc) is 3.11. The first-order valence-electron chi connectivity index (χ1n) is 7.97. The van der Waals surface area contributed by atoms with Crippen molar-refractivity contribution in [1.29, 1.82) is 0 Å². The minimum absolute atomic E-state index is 0.0108. The van der Waals surface area contributed by atoms with Gasteiger partial charge in [0, 0.05) is 11.4 Å². The molecular weight excluding hydrogens is 282 g/mol. The zero-order valence-electron chi connectivity index (χ0n) is 12.9. The third-order valence-corrected chi connectivity index (χ3v) is 5.69. The molecule has 3 rings (SSSR count). The number of likely N-dealkylation sites (tertiary alicyclic amines) is 1. The number of amides is 1. The second kappa shape index (κ2) is 6.46. The Labute approximate surface area is 131 Å². The van der Waals surface area contributed by atoms with Crippen LogP contribution in [0.15, 0.2) is 17.5 Å². The molecule has 0 aliphatic carbocycles. The van der Waals surface area contributed by atoms with E-state index in [0.29, 0.717) is 5.92 Å². The van der Waals surface area contributed by atoms with Gasteiger partial charge in [0.05, 0.1) is 6.04 Å². The summed E-state index contributed by atoms with van der Waals surface area (Å²) in [7, 11) is 2.18. The van der Waals surface area contributed by atoms with Crippen LogP contribution in [0.5, 0.6) is 0 Å². The number of thiophene rings is 1. The summed E-state index contributed by atoms with van der Waals surface area (Å²) in [5, 5.41) is 5.61. The molecule has 3 heterocycles. The molecule has 1 amide bonds. The number of hydrogen-bond donors (Lipinski definition) is 1. The smallest absolute Gasteiger partial charge is 0.241 e. The summed E-state index contributed by atoms with van der Waals surface area (Å²) in [6.45, 7) is 5.29. The molecule has 2 aliphatic rings. The van der Waals surface area contributed by atoms with E-state index in [4.69, 9.17) is 0 Å². The van der Waals surface area contributed by atoms with Gasteiger partial charge in [-0.2, -0.15) is 0 Å². The Kier molecular flexibility index (Phi) is 4.62. The van der Waals surface area contributed by atoms with Crippen LogP contribution in [-0.2, 0) is 4.79 Å². The predicted molar refractivity (Wildman–Crippen MR) is 86.2 cm³/mol. The number of carbonyl (C=O) groups is 1. The van der Waals surface area contributed by atoms with Crippen LogP contribution in [0.2, 0.25) is 0 Å². The van der Waals surface area contributed by atoms with Crippen molar-refractivity contribution >= 4 is 17.2 Å². The summed E-state index contributed by atoms with van der Waals surface area (Å²) in [6, 6.07) is 4.19. The molecule has 0 spiro atoms. The van der Waals surface area contributed by atoms with E-state index < -0.39 is 0 Å². The predicted octanol–water partition coefficient (Wildman–Crippen LogP) is 2.30. The number of carbonyl (C=O) groups excluding carboxylic acids is 1. The van der Waals surface area contributed by atoms with Crippen LogP contribution in [0, 0.1) is 5.92 Å². The van der Waals surface area contributed by atoms with Gasteiger partial charge in [0.25, 0.3) is 0 Å². The third-order valence-electron chi connectivity index (χ3n) is 4.77. The fourth-order valence-electron chi connectivity index (χ4n) is 3.37. The van der Waals surface area contributed by atoms with Crippen molar-refractivity contribution < 1.29 is 4.79 Å². The van der Waals surface area contributed by atoms with E-state index in [9.17, 15) is 4.79 Å². The molecule has 4 nitrogen and oxygen atoms in total. The van der Waals surface area contributed by atoms with E-state index in [1.807, 2.05) is 0 Å². The molecule has 2 saturated heterocycles. The molecule has 116 valence electrons. The number of piperidine rings is 1. The highest BCUT2D eigenvalue weighted by atomic mass is 32.1. The van der Waals surface area contributed by atoms with Crippen molar-refractivity contribution in [1.82, 2.24) is 15.1 Å². The van der Waals surface area contributed by atoms with Crippen molar-refractivity contribution in [3.8, 4) is 0 Å². The second-order valence-electron chi connectivity index (χ2n) is 6.28. The molecule has 2 atom stereocenters. The normalized spacial score (nSPS) is 28.5. The number of nitrogens with one attached hydrogen (secondary N) is 1. The van der Waals surface area contributed by atoms with Crippen molar-refractivity contribution in [3.05, 3.63) is 22.4 Å². The lowest BCUT2D eigenvalue weighted by molar-refractivity contribution is -0.131. The van der Waals surface area contributed by atoms with Crippen LogP contribution >= 0.6 is 11.3 Å². The zero-order chi connectivity index (χ0) is 14.8. The summed E-state index contributed by atoms with van der Waals surface area (Å²) in [6.07, 6.45) is 3.36. The van der Waals surface area contributed by atoms with Gasteiger partial charge in [-0.05, 0) is 56.8 Å². The fraction of sp³-hybridized carbons (Fsp3) is 0.688. The van der Waals surface area contributed by atoms with Gasteiger partial charge < -0.3 is 9.80 Å². The van der Waals surface area contributed by atoms with Gasteiger partial charge in [0.2, 0.25) is 5.91 Å². The van der Waals surface area contributed by atoms with E-state index in [2.05, 4.69) is 46.6 Å². The lowest BCUT2D eigenvalue weighted by Crippen LogP contribution is -2.39.